The van der Waals surface area contributed by atoms with E-state index in [1.807, 2.05) is 19.9 Å². The van der Waals surface area contributed by atoms with Crippen molar-refractivity contribution in [2.75, 3.05) is 0 Å². The Balaban J connectivity index is 2.59. The van der Waals surface area contributed by atoms with Gasteiger partial charge in [-0.2, -0.15) is 0 Å². The highest BCUT2D eigenvalue weighted by Crippen LogP contribution is 2.24. The average Bonchev–Trinajstić information content (AvgIpc) is 2.28. The molecule has 0 aromatic carbocycles. The summed E-state index contributed by atoms with van der Waals surface area (Å²) in [5.41, 5.74) is 0. The normalized spacial score (nSPS) is 14.8. The van der Waals surface area contributed by atoms with Crippen molar-refractivity contribution in [1.29, 1.82) is 0 Å². The number of aromatic nitrogens is 1. The van der Waals surface area contributed by atoms with Crippen LogP contribution in [0.25, 0.3) is 0 Å². The van der Waals surface area contributed by atoms with Gasteiger partial charge in [0.25, 0.3) is 0 Å². The van der Waals surface area contributed by atoms with Crippen LogP contribution in [0, 0.1) is 11.8 Å². The van der Waals surface area contributed by atoms with Crippen molar-refractivity contribution in [3.8, 4) is 0 Å². The molecular weight excluding hydrogens is 222 g/mol. The van der Waals surface area contributed by atoms with Crippen LogP contribution >= 0.6 is 11.8 Å². The first-order valence-electron chi connectivity index (χ1n) is 5.33. The van der Waals surface area contributed by atoms with Crippen LogP contribution in [0.4, 0.5) is 0 Å². The Morgan fingerprint density at radius 2 is 2.06 bits per heavy atom. The molecule has 1 aromatic rings. The zero-order valence-corrected chi connectivity index (χ0v) is 10.6. The molecule has 4 heteroatoms. The summed E-state index contributed by atoms with van der Waals surface area (Å²) in [4.78, 5) is 15.9. The summed E-state index contributed by atoms with van der Waals surface area (Å²) in [6.45, 7) is 5.56. The first-order chi connectivity index (χ1) is 7.52. The third kappa shape index (κ3) is 3.61. The lowest BCUT2D eigenvalue weighted by molar-refractivity contribution is -0.117. The van der Waals surface area contributed by atoms with E-state index in [9.17, 15) is 9.90 Å². The number of rotatable bonds is 4. The number of hydrogen-bond acceptors (Lipinski definition) is 4. The largest absolute Gasteiger partial charge is 0.392 e. The number of carbonyl (C=O) groups excluding carboxylic acids is 1. The number of hydrogen-bond donors (Lipinski definition) is 1. The molecule has 0 aliphatic carbocycles. The molecular formula is C12H17NO2S. The molecule has 0 unspecified atom stereocenters. The molecule has 88 valence electrons. The number of thioether (sulfide) groups is 1. The number of pyridine rings is 1. The molecule has 0 fully saturated rings. The maximum Gasteiger partial charge on any atom is 0.200 e. The van der Waals surface area contributed by atoms with Gasteiger partial charge in [0.05, 0.1) is 12.0 Å². The highest BCUT2D eigenvalue weighted by molar-refractivity contribution is 8.13. The maximum atomic E-state index is 11.8. The first kappa shape index (κ1) is 13.2. The van der Waals surface area contributed by atoms with Gasteiger partial charge in [0.15, 0.2) is 0 Å². The van der Waals surface area contributed by atoms with Crippen LogP contribution in [0.15, 0.2) is 29.4 Å². The Bertz CT molecular complexity index is 340. The van der Waals surface area contributed by atoms with Crippen LogP contribution in [0.5, 0.6) is 0 Å². The summed E-state index contributed by atoms with van der Waals surface area (Å²) in [7, 11) is 0. The van der Waals surface area contributed by atoms with Crippen molar-refractivity contribution in [1.82, 2.24) is 4.98 Å². The summed E-state index contributed by atoms with van der Waals surface area (Å²) in [6, 6.07) is 5.43. The van der Waals surface area contributed by atoms with E-state index in [-0.39, 0.29) is 17.0 Å². The lowest BCUT2D eigenvalue weighted by atomic mass is 9.96. The Kier molecular flexibility index (Phi) is 4.96. The van der Waals surface area contributed by atoms with Gasteiger partial charge in [0.1, 0.15) is 5.03 Å². The highest BCUT2D eigenvalue weighted by atomic mass is 32.2. The molecule has 16 heavy (non-hydrogen) atoms. The molecule has 1 rings (SSSR count). The lowest BCUT2D eigenvalue weighted by Gasteiger charge is -2.20. The zero-order valence-electron chi connectivity index (χ0n) is 9.75. The van der Waals surface area contributed by atoms with E-state index in [0.717, 1.165) is 11.8 Å². The van der Waals surface area contributed by atoms with E-state index in [2.05, 4.69) is 4.98 Å². The van der Waals surface area contributed by atoms with Crippen LogP contribution in [0.3, 0.4) is 0 Å². The molecule has 1 N–H and O–H groups in total. The van der Waals surface area contributed by atoms with Crippen LogP contribution in [-0.2, 0) is 4.79 Å². The van der Waals surface area contributed by atoms with Gasteiger partial charge in [-0.25, -0.2) is 4.98 Å². The fourth-order valence-electron chi connectivity index (χ4n) is 1.32. The smallest absolute Gasteiger partial charge is 0.200 e. The van der Waals surface area contributed by atoms with Crippen molar-refractivity contribution in [3.63, 3.8) is 0 Å². The molecule has 0 bridgehead atoms. The molecule has 0 radical (unpaired) electrons. The third-order valence-corrected chi connectivity index (χ3v) is 3.43. The monoisotopic (exact) mass is 239 g/mol. The number of aliphatic hydroxyl groups is 1. The van der Waals surface area contributed by atoms with Gasteiger partial charge in [0.2, 0.25) is 5.12 Å². The molecule has 0 aliphatic rings. The molecule has 2 atom stereocenters. The lowest BCUT2D eigenvalue weighted by Crippen LogP contribution is -2.28. The molecule has 3 nitrogen and oxygen atoms in total. The van der Waals surface area contributed by atoms with Crippen LogP contribution in [0.2, 0.25) is 0 Å². The van der Waals surface area contributed by atoms with E-state index in [0.29, 0.717) is 5.03 Å². The standard InChI is InChI=1S/C12H17NO2S/c1-8(2)11(14)9(3)12(15)16-10-6-4-5-7-13-10/h4-9,11,14H,1-3H3/t9-,11+/m1/s1. The minimum Gasteiger partial charge on any atom is -0.392 e. The molecule has 0 amide bonds. The Morgan fingerprint density at radius 3 is 2.56 bits per heavy atom. The predicted molar refractivity (Wildman–Crippen MR) is 65.1 cm³/mol. The number of aliphatic hydroxyl groups excluding tert-OH is 1. The molecule has 0 aliphatic heterocycles. The van der Waals surface area contributed by atoms with E-state index in [4.69, 9.17) is 0 Å². The van der Waals surface area contributed by atoms with Crippen molar-refractivity contribution < 1.29 is 9.90 Å². The van der Waals surface area contributed by atoms with Crippen LogP contribution in [-0.4, -0.2) is 21.3 Å². The number of carbonyl (C=O) groups is 1. The Morgan fingerprint density at radius 1 is 1.38 bits per heavy atom. The fourth-order valence-corrected chi connectivity index (χ4v) is 2.11. The Labute approximate surface area is 100 Å². The SMILES string of the molecule is CC(C)[C@H](O)[C@@H](C)C(=O)Sc1ccccn1. The average molecular weight is 239 g/mol. The summed E-state index contributed by atoms with van der Waals surface area (Å²) < 4.78 is 0. The predicted octanol–water partition coefficient (Wildman–Crippen LogP) is 2.35. The molecule has 1 heterocycles. The van der Waals surface area contributed by atoms with Gasteiger partial charge in [-0.05, 0) is 29.8 Å². The first-order valence-corrected chi connectivity index (χ1v) is 6.14. The zero-order chi connectivity index (χ0) is 12.1. The van der Waals surface area contributed by atoms with Gasteiger partial charge >= 0.3 is 0 Å². The van der Waals surface area contributed by atoms with Crippen LogP contribution in [0.1, 0.15) is 20.8 Å². The minimum absolute atomic E-state index is 0.0418. The fraction of sp³-hybridized carbons (Fsp3) is 0.500. The van der Waals surface area contributed by atoms with Crippen molar-refractivity contribution in [2.45, 2.75) is 31.9 Å². The van der Waals surface area contributed by atoms with Gasteiger partial charge < -0.3 is 5.11 Å². The van der Waals surface area contributed by atoms with Gasteiger partial charge in [-0.1, -0.05) is 26.8 Å². The van der Waals surface area contributed by atoms with E-state index >= 15 is 0 Å². The summed E-state index contributed by atoms with van der Waals surface area (Å²) in [6.07, 6.45) is 1.06. The summed E-state index contributed by atoms with van der Waals surface area (Å²) in [5.74, 6) is -0.282. The summed E-state index contributed by atoms with van der Waals surface area (Å²) >= 11 is 1.09. The molecule has 1 aromatic heterocycles. The van der Waals surface area contributed by atoms with E-state index < -0.39 is 6.10 Å². The van der Waals surface area contributed by atoms with E-state index in [1.54, 1.807) is 25.3 Å². The quantitative estimate of drug-likeness (QED) is 0.819. The maximum absolute atomic E-state index is 11.8. The van der Waals surface area contributed by atoms with Gasteiger partial charge in [0, 0.05) is 6.20 Å². The Hall–Kier alpha value is -0.870. The van der Waals surface area contributed by atoms with Gasteiger partial charge in [-0.15, -0.1) is 0 Å². The molecule has 0 spiro atoms. The second kappa shape index (κ2) is 6.01. The van der Waals surface area contributed by atoms with Crippen molar-refractivity contribution in [3.05, 3.63) is 24.4 Å². The minimum atomic E-state index is -0.594. The van der Waals surface area contributed by atoms with Crippen molar-refractivity contribution >= 4 is 16.9 Å². The topological polar surface area (TPSA) is 50.2 Å². The third-order valence-electron chi connectivity index (χ3n) is 2.41. The van der Waals surface area contributed by atoms with Crippen molar-refractivity contribution in [2.24, 2.45) is 11.8 Å². The second-order valence-electron chi connectivity index (χ2n) is 4.11. The van der Waals surface area contributed by atoms with Gasteiger partial charge in [-0.3, -0.25) is 4.79 Å². The highest BCUT2D eigenvalue weighted by Gasteiger charge is 2.25. The molecule has 0 saturated carbocycles. The second-order valence-corrected chi connectivity index (χ2v) is 5.14. The van der Waals surface area contributed by atoms with E-state index in [1.165, 1.54) is 0 Å². The summed E-state index contributed by atoms with van der Waals surface area (Å²) in [5, 5.41) is 10.4. The van der Waals surface area contributed by atoms with Crippen LogP contribution < -0.4 is 0 Å². The number of nitrogens with zero attached hydrogens (tertiary/aromatic N) is 1. The molecule has 0 saturated heterocycles.